The highest BCUT2D eigenvalue weighted by Gasteiger charge is 2.08. The molecule has 1 aromatic rings. The number of nitrogens with two attached hydrogens (primary N) is 1. The molecule has 1 rings (SSSR count). The van der Waals surface area contributed by atoms with Crippen LogP contribution in [-0.4, -0.2) is 25.7 Å². The number of hydrogen-bond donors (Lipinski definition) is 2. The van der Waals surface area contributed by atoms with Crippen LogP contribution in [0.25, 0.3) is 0 Å². The molecule has 0 aliphatic heterocycles. The van der Waals surface area contributed by atoms with Crippen LogP contribution in [0.5, 0.6) is 5.75 Å². The van der Waals surface area contributed by atoms with Crippen LogP contribution in [-0.2, 0) is 6.54 Å². The summed E-state index contributed by atoms with van der Waals surface area (Å²) in [7, 11) is 3.72. The number of ether oxygens (including phenoxy) is 1. The Bertz CT molecular complexity index is 353. The summed E-state index contributed by atoms with van der Waals surface area (Å²) in [5, 5.41) is 0. The topological polar surface area (TPSA) is 50.5 Å². The third kappa shape index (κ3) is 4.00. The van der Waals surface area contributed by atoms with Crippen LogP contribution in [0.4, 0.5) is 0 Å². The molecule has 17 heavy (non-hydrogen) atoms. The van der Waals surface area contributed by atoms with E-state index in [2.05, 4.69) is 42.4 Å². The molecular formula is C13H23N3O. The molecule has 0 saturated carbocycles. The SMILES string of the molecule is COc1cc(C(C)C)ccc1CN(C)CNN. The van der Waals surface area contributed by atoms with Crippen LogP contribution in [0.3, 0.4) is 0 Å². The molecular weight excluding hydrogens is 214 g/mol. The van der Waals surface area contributed by atoms with Gasteiger partial charge in [0.2, 0.25) is 0 Å². The highest BCUT2D eigenvalue weighted by Crippen LogP contribution is 2.25. The van der Waals surface area contributed by atoms with E-state index in [1.807, 2.05) is 7.05 Å². The van der Waals surface area contributed by atoms with E-state index in [-0.39, 0.29) is 0 Å². The fourth-order valence-electron chi connectivity index (χ4n) is 1.75. The maximum Gasteiger partial charge on any atom is 0.123 e. The van der Waals surface area contributed by atoms with Crippen LogP contribution < -0.4 is 16.0 Å². The Hall–Kier alpha value is -1.10. The second-order valence-corrected chi connectivity index (χ2v) is 4.60. The van der Waals surface area contributed by atoms with E-state index >= 15 is 0 Å². The molecule has 0 aliphatic carbocycles. The van der Waals surface area contributed by atoms with Gasteiger partial charge in [-0.2, -0.15) is 0 Å². The maximum atomic E-state index is 5.44. The molecule has 0 fully saturated rings. The van der Waals surface area contributed by atoms with Gasteiger partial charge in [-0.1, -0.05) is 26.0 Å². The minimum absolute atomic E-state index is 0.515. The molecule has 4 nitrogen and oxygen atoms in total. The van der Waals surface area contributed by atoms with Crippen LogP contribution in [0.1, 0.15) is 30.9 Å². The van der Waals surface area contributed by atoms with Crippen molar-refractivity contribution in [3.63, 3.8) is 0 Å². The second kappa shape index (κ2) is 6.59. The summed E-state index contributed by atoms with van der Waals surface area (Å²) in [6.07, 6.45) is 0. The number of nitrogens with zero attached hydrogens (tertiary/aromatic N) is 1. The van der Waals surface area contributed by atoms with Gasteiger partial charge in [0, 0.05) is 12.1 Å². The molecule has 3 N–H and O–H groups in total. The predicted molar refractivity (Wildman–Crippen MR) is 70.7 cm³/mol. The van der Waals surface area contributed by atoms with Gasteiger partial charge in [-0.15, -0.1) is 0 Å². The van der Waals surface area contributed by atoms with Crippen molar-refractivity contribution in [3.05, 3.63) is 29.3 Å². The first kappa shape index (κ1) is 14.0. The molecule has 0 aromatic heterocycles. The molecule has 4 heteroatoms. The fourth-order valence-corrected chi connectivity index (χ4v) is 1.75. The Labute approximate surface area is 104 Å². The molecule has 0 radical (unpaired) electrons. The molecule has 0 saturated heterocycles. The first-order valence-corrected chi connectivity index (χ1v) is 5.87. The van der Waals surface area contributed by atoms with Crippen LogP contribution >= 0.6 is 0 Å². The van der Waals surface area contributed by atoms with Crippen molar-refractivity contribution < 1.29 is 4.74 Å². The van der Waals surface area contributed by atoms with Gasteiger partial charge in [0.15, 0.2) is 0 Å². The Morgan fingerprint density at radius 3 is 2.65 bits per heavy atom. The third-order valence-electron chi connectivity index (χ3n) is 2.78. The monoisotopic (exact) mass is 237 g/mol. The smallest absolute Gasteiger partial charge is 0.123 e. The minimum Gasteiger partial charge on any atom is -0.496 e. The van der Waals surface area contributed by atoms with Gasteiger partial charge < -0.3 is 4.74 Å². The minimum atomic E-state index is 0.515. The molecule has 0 bridgehead atoms. The van der Waals surface area contributed by atoms with E-state index in [9.17, 15) is 0 Å². The molecule has 0 heterocycles. The van der Waals surface area contributed by atoms with Crippen molar-refractivity contribution in [3.8, 4) is 5.75 Å². The van der Waals surface area contributed by atoms with E-state index < -0.39 is 0 Å². The quantitative estimate of drug-likeness (QED) is 0.449. The van der Waals surface area contributed by atoms with E-state index in [1.54, 1.807) is 7.11 Å². The summed E-state index contributed by atoms with van der Waals surface area (Å²) in [5.74, 6) is 6.75. The lowest BCUT2D eigenvalue weighted by Gasteiger charge is -2.18. The van der Waals surface area contributed by atoms with Gasteiger partial charge in [0.05, 0.1) is 13.8 Å². The van der Waals surface area contributed by atoms with Gasteiger partial charge >= 0.3 is 0 Å². The van der Waals surface area contributed by atoms with Gasteiger partial charge in [-0.05, 0) is 24.6 Å². The summed E-state index contributed by atoms with van der Waals surface area (Å²) in [5.41, 5.74) is 5.11. The average Bonchev–Trinajstić information content (AvgIpc) is 2.29. The number of methoxy groups -OCH3 is 1. The van der Waals surface area contributed by atoms with E-state index in [1.165, 1.54) is 11.1 Å². The van der Waals surface area contributed by atoms with Gasteiger partial charge in [0.1, 0.15) is 5.75 Å². The normalized spacial score (nSPS) is 11.2. The highest BCUT2D eigenvalue weighted by molar-refractivity contribution is 5.38. The Morgan fingerprint density at radius 2 is 2.12 bits per heavy atom. The zero-order chi connectivity index (χ0) is 12.8. The molecule has 1 aromatic carbocycles. The lowest BCUT2D eigenvalue weighted by atomic mass is 10.0. The zero-order valence-corrected chi connectivity index (χ0v) is 11.2. The summed E-state index contributed by atoms with van der Waals surface area (Å²) < 4.78 is 5.44. The van der Waals surface area contributed by atoms with Crippen LogP contribution in [0, 0.1) is 0 Å². The van der Waals surface area contributed by atoms with Crippen molar-refractivity contribution >= 4 is 0 Å². The van der Waals surface area contributed by atoms with Gasteiger partial charge in [0.25, 0.3) is 0 Å². The molecule has 0 spiro atoms. The highest BCUT2D eigenvalue weighted by atomic mass is 16.5. The summed E-state index contributed by atoms with van der Waals surface area (Å²) in [6.45, 7) is 5.82. The van der Waals surface area contributed by atoms with Crippen molar-refractivity contribution in [1.29, 1.82) is 0 Å². The number of benzene rings is 1. The predicted octanol–water partition coefficient (Wildman–Crippen LogP) is 1.67. The molecule has 0 unspecified atom stereocenters. The Morgan fingerprint density at radius 1 is 1.41 bits per heavy atom. The van der Waals surface area contributed by atoms with E-state index in [4.69, 9.17) is 10.6 Å². The lowest BCUT2D eigenvalue weighted by Crippen LogP contribution is -2.35. The summed E-state index contributed by atoms with van der Waals surface area (Å²) in [4.78, 5) is 2.09. The molecule has 0 amide bonds. The first-order chi connectivity index (χ1) is 8.08. The van der Waals surface area contributed by atoms with Gasteiger partial charge in [-0.25, -0.2) is 5.43 Å². The Balaban J connectivity index is 2.85. The van der Waals surface area contributed by atoms with Crippen molar-refractivity contribution in [1.82, 2.24) is 10.3 Å². The van der Waals surface area contributed by atoms with E-state index in [0.29, 0.717) is 12.6 Å². The number of rotatable bonds is 6. The van der Waals surface area contributed by atoms with Crippen LogP contribution in [0.2, 0.25) is 0 Å². The number of hydrazine groups is 1. The average molecular weight is 237 g/mol. The molecule has 0 atom stereocenters. The summed E-state index contributed by atoms with van der Waals surface area (Å²) in [6, 6.07) is 6.40. The maximum absolute atomic E-state index is 5.44. The Kier molecular flexibility index (Phi) is 5.41. The van der Waals surface area contributed by atoms with Crippen molar-refractivity contribution in [2.75, 3.05) is 20.8 Å². The number of nitrogens with one attached hydrogen (secondary N) is 1. The second-order valence-electron chi connectivity index (χ2n) is 4.60. The largest absolute Gasteiger partial charge is 0.496 e. The molecule has 0 aliphatic rings. The van der Waals surface area contributed by atoms with Crippen molar-refractivity contribution in [2.24, 2.45) is 5.84 Å². The first-order valence-electron chi connectivity index (χ1n) is 5.87. The van der Waals surface area contributed by atoms with E-state index in [0.717, 1.165) is 12.3 Å². The number of hydrogen-bond acceptors (Lipinski definition) is 4. The zero-order valence-electron chi connectivity index (χ0n) is 11.2. The third-order valence-corrected chi connectivity index (χ3v) is 2.78. The lowest BCUT2D eigenvalue weighted by molar-refractivity contribution is 0.295. The van der Waals surface area contributed by atoms with Crippen LogP contribution in [0.15, 0.2) is 18.2 Å². The van der Waals surface area contributed by atoms with Crippen molar-refractivity contribution in [2.45, 2.75) is 26.3 Å². The standard InChI is InChI=1S/C13H23N3O/c1-10(2)11-5-6-12(13(7-11)17-4)8-16(3)9-15-14/h5-7,10,15H,8-9,14H2,1-4H3. The van der Waals surface area contributed by atoms with Gasteiger partial charge in [-0.3, -0.25) is 10.7 Å². The molecule has 96 valence electrons. The summed E-state index contributed by atoms with van der Waals surface area (Å²) >= 11 is 0. The fraction of sp³-hybridized carbons (Fsp3) is 0.538.